The molecule has 1 atom stereocenters. The minimum Gasteiger partial charge on any atom is -0.409 e. The molecule has 0 saturated heterocycles. The van der Waals surface area contributed by atoms with E-state index < -0.39 is 0 Å². The predicted octanol–water partition coefficient (Wildman–Crippen LogP) is 2.15. The van der Waals surface area contributed by atoms with Gasteiger partial charge in [0.05, 0.1) is 10.5 Å². The van der Waals surface area contributed by atoms with Crippen LogP contribution in [-0.2, 0) is 6.54 Å². The van der Waals surface area contributed by atoms with Crippen molar-refractivity contribution in [3.8, 4) is 0 Å². The van der Waals surface area contributed by atoms with Crippen LogP contribution in [0.1, 0.15) is 12.5 Å². The smallest absolute Gasteiger partial charge is 0.156 e. The van der Waals surface area contributed by atoms with E-state index >= 15 is 0 Å². The lowest BCUT2D eigenvalue weighted by Gasteiger charge is -2.23. The van der Waals surface area contributed by atoms with Gasteiger partial charge in [-0.2, -0.15) is 0 Å². The minimum atomic E-state index is -0.291. The fourth-order valence-electron chi connectivity index (χ4n) is 1.37. The van der Waals surface area contributed by atoms with Crippen molar-refractivity contribution in [2.75, 3.05) is 7.05 Å². The van der Waals surface area contributed by atoms with Crippen LogP contribution < -0.4 is 5.73 Å². The molecule has 0 aliphatic carbocycles. The maximum atomic E-state index is 13.0. The van der Waals surface area contributed by atoms with Crippen molar-refractivity contribution in [3.05, 3.63) is 34.1 Å². The normalized spacial score (nSPS) is 14.1. The molecular formula is C11H15BrFN3O. The van der Waals surface area contributed by atoms with Gasteiger partial charge in [0.25, 0.3) is 0 Å². The molecule has 0 saturated carbocycles. The van der Waals surface area contributed by atoms with Crippen LogP contribution in [0.15, 0.2) is 27.8 Å². The van der Waals surface area contributed by atoms with E-state index in [0.717, 1.165) is 5.56 Å². The summed E-state index contributed by atoms with van der Waals surface area (Å²) in [5.74, 6) is -0.144. The molecule has 6 heteroatoms. The van der Waals surface area contributed by atoms with Crippen LogP contribution in [0.3, 0.4) is 0 Å². The van der Waals surface area contributed by atoms with Gasteiger partial charge in [-0.3, -0.25) is 4.90 Å². The summed E-state index contributed by atoms with van der Waals surface area (Å²) in [6, 6.07) is 4.63. The van der Waals surface area contributed by atoms with Gasteiger partial charge in [0.15, 0.2) is 5.84 Å². The zero-order valence-corrected chi connectivity index (χ0v) is 11.3. The van der Waals surface area contributed by atoms with E-state index in [1.165, 1.54) is 6.07 Å². The highest BCUT2D eigenvalue weighted by Crippen LogP contribution is 2.18. The number of hydrogen-bond donors (Lipinski definition) is 2. The zero-order valence-electron chi connectivity index (χ0n) is 9.69. The Kier molecular flexibility index (Phi) is 4.89. The molecule has 1 aromatic carbocycles. The Balaban J connectivity index is 2.74. The Labute approximate surface area is 108 Å². The third-order valence-corrected chi connectivity index (χ3v) is 3.23. The lowest BCUT2D eigenvalue weighted by Crippen LogP contribution is -2.40. The molecular weight excluding hydrogens is 289 g/mol. The molecule has 1 aromatic rings. The van der Waals surface area contributed by atoms with Gasteiger partial charge >= 0.3 is 0 Å². The molecule has 17 heavy (non-hydrogen) atoms. The Morgan fingerprint density at radius 2 is 2.29 bits per heavy atom. The number of benzene rings is 1. The number of oxime groups is 1. The lowest BCUT2D eigenvalue weighted by atomic mass is 10.2. The van der Waals surface area contributed by atoms with E-state index in [-0.39, 0.29) is 17.7 Å². The quantitative estimate of drug-likeness (QED) is 0.388. The zero-order chi connectivity index (χ0) is 13.0. The number of nitrogens with zero attached hydrogens (tertiary/aromatic N) is 2. The minimum absolute atomic E-state index is 0.147. The highest BCUT2D eigenvalue weighted by Gasteiger charge is 2.14. The summed E-state index contributed by atoms with van der Waals surface area (Å²) in [6.45, 7) is 2.41. The van der Waals surface area contributed by atoms with E-state index in [1.807, 2.05) is 18.9 Å². The van der Waals surface area contributed by atoms with Gasteiger partial charge < -0.3 is 10.9 Å². The molecule has 4 nitrogen and oxygen atoms in total. The second-order valence-corrected chi connectivity index (χ2v) is 4.72. The summed E-state index contributed by atoms with van der Waals surface area (Å²) in [5.41, 5.74) is 6.46. The van der Waals surface area contributed by atoms with Crippen LogP contribution in [0, 0.1) is 5.82 Å². The molecule has 94 valence electrons. The van der Waals surface area contributed by atoms with Crippen molar-refractivity contribution in [1.82, 2.24) is 4.90 Å². The molecule has 3 N–H and O–H groups in total. The first-order valence-corrected chi connectivity index (χ1v) is 5.86. The van der Waals surface area contributed by atoms with Crippen LogP contribution >= 0.6 is 15.9 Å². The highest BCUT2D eigenvalue weighted by molar-refractivity contribution is 9.10. The molecule has 0 bridgehead atoms. The molecule has 0 radical (unpaired) electrons. The first-order valence-electron chi connectivity index (χ1n) is 5.07. The second-order valence-electron chi connectivity index (χ2n) is 3.86. The SMILES string of the molecule is CC(C(N)=NO)N(C)Cc1ccc(F)c(Br)c1. The van der Waals surface area contributed by atoms with Gasteiger partial charge in [0, 0.05) is 6.54 Å². The largest absolute Gasteiger partial charge is 0.409 e. The average Bonchev–Trinajstić information content (AvgIpc) is 2.31. The van der Waals surface area contributed by atoms with Gasteiger partial charge in [-0.1, -0.05) is 11.2 Å². The van der Waals surface area contributed by atoms with E-state index in [2.05, 4.69) is 21.1 Å². The number of amidine groups is 1. The maximum Gasteiger partial charge on any atom is 0.156 e. The van der Waals surface area contributed by atoms with E-state index in [1.54, 1.807) is 12.1 Å². The Bertz CT molecular complexity index is 425. The molecule has 0 heterocycles. The van der Waals surface area contributed by atoms with Gasteiger partial charge in [0.2, 0.25) is 0 Å². The molecule has 0 aliphatic rings. The first-order chi connectivity index (χ1) is 7.95. The van der Waals surface area contributed by atoms with E-state index in [0.29, 0.717) is 11.0 Å². The molecule has 0 aliphatic heterocycles. The van der Waals surface area contributed by atoms with E-state index in [4.69, 9.17) is 10.9 Å². The number of rotatable bonds is 4. The van der Waals surface area contributed by atoms with E-state index in [9.17, 15) is 4.39 Å². The van der Waals surface area contributed by atoms with Gasteiger partial charge in [-0.05, 0) is 47.6 Å². The molecule has 0 amide bonds. The average molecular weight is 304 g/mol. The van der Waals surface area contributed by atoms with Crippen LogP contribution in [0.25, 0.3) is 0 Å². The Hall–Kier alpha value is -1.14. The summed E-state index contributed by atoms with van der Waals surface area (Å²) in [7, 11) is 1.85. The third-order valence-electron chi connectivity index (χ3n) is 2.62. The fourth-order valence-corrected chi connectivity index (χ4v) is 1.80. The fraction of sp³-hybridized carbons (Fsp3) is 0.364. The van der Waals surface area contributed by atoms with Crippen LogP contribution in [0.2, 0.25) is 0 Å². The maximum absolute atomic E-state index is 13.0. The monoisotopic (exact) mass is 303 g/mol. The van der Waals surface area contributed by atoms with Crippen LogP contribution in [-0.4, -0.2) is 29.0 Å². The van der Waals surface area contributed by atoms with Gasteiger partial charge in [-0.15, -0.1) is 0 Å². The molecule has 0 fully saturated rings. The summed E-state index contributed by atoms with van der Waals surface area (Å²) >= 11 is 3.13. The number of nitrogens with two attached hydrogens (primary N) is 1. The third kappa shape index (κ3) is 3.67. The van der Waals surface area contributed by atoms with Crippen molar-refractivity contribution < 1.29 is 9.60 Å². The Morgan fingerprint density at radius 1 is 1.65 bits per heavy atom. The van der Waals surface area contributed by atoms with Crippen molar-refractivity contribution in [2.24, 2.45) is 10.9 Å². The Morgan fingerprint density at radius 3 is 2.82 bits per heavy atom. The molecule has 1 unspecified atom stereocenters. The van der Waals surface area contributed by atoms with Gasteiger partial charge in [-0.25, -0.2) is 4.39 Å². The summed E-state index contributed by atoms with van der Waals surface area (Å²) in [6.07, 6.45) is 0. The summed E-state index contributed by atoms with van der Waals surface area (Å²) < 4.78 is 13.5. The number of halogens is 2. The van der Waals surface area contributed by atoms with Crippen molar-refractivity contribution in [1.29, 1.82) is 0 Å². The van der Waals surface area contributed by atoms with Gasteiger partial charge in [0.1, 0.15) is 5.82 Å². The molecule has 1 rings (SSSR count). The van der Waals surface area contributed by atoms with Crippen LogP contribution in [0.5, 0.6) is 0 Å². The molecule has 0 aromatic heterocycles. The summed E-state index contributed by atoms with van der Waals surface area (Å²) in [5, 5.41) is 11.5. The first kappa shape index (κ1) is 13.9. The highest BCUT2D eigenvalue weighted by atomic mass is 79.9. The van der Waals surface area contributed by atoms with Crippen molar-refractivity contribution >= 4 is 21.8 Å². The number of hydrogen-bond acceptors (Lipinski definition) is 3. The molecule has 0 spiro atoms. The predicted molar refractivity (Wildman–Crippen MR) is 68.4 cm³/mol. The second kappa shape index (κ2) is 5.97. The van der Waals surface area contributed by atoms with Crippen molar-refractivity contribution in [2.45, 2.75) is 19.5 Å². The van der Waals surface area contributed by atoms with Crippen molar-refractivity contribution in [3.63, 3.8) is 0 Å². The topological polar surface area (TPSA) is 61.9 Å². The summed E-state index contributed by atoms with van der Waals surface area (Å²) in [4.78, 5) is 1.90. The number of likely N-dealkylation sites (N-methyl/N-ethyl adjacent to an activating group) is 1. The standard InChI is InChI=1S/C11H15BrFN3O/c1-7(11(14)15-17)16(2)6-8-3-4-10(13)9(12)5-8/h3-5,7,17H,6H2,1-2H3,(H2,14,15). The lowest BCUT2D eigenvalue weighted by molar-refractivity contribution is 0.279. The van der Waals surface area contributed by atoms with Crippen LogP contribution in [0.4, 0.5) is 4.39 Å².